The summed E-state index contributed by atoms with van der Waals surface area (Å²) in [6.45, 7) is 2.19. The Bertz CT molecular complexity index is 408. The van der Waals surface area contributed by atoms with Crippen LogP contribution in [-0.2, 0) is 6.42 Å². The number of aromatic nitrogens is 5. The van der Waals surface area contributed by atoms with Crippen molar-refractivity contribution in [3.8, 4) is 0 Å². The van der Waals surface area contributed by atoms with Crippen LogP contribution in [0.25, 0.3) is 5.52 Å². The van der Waals surface area contributed by atoms with Gasteiger partial charge in [-0.05, 0) is 18.1 Å². The summed E-state index contributed by atoms with van der Waals surface area (Å²) < 4.78 is 1.52. The number of hydrogen-bond donors (Lipinski definition) is 0. The number of rotatable bonds is 4. The van der Waals surface area contributed by atoms with E-state index in [0.29, 0.717) is 0 Å². The minimum atomic E-state index is 0.920. The van der Waals surface area contributed by atoms with Crippen molar-refractivity contribution in [2.24, 2.45) is 0 Å². The summed E-state index contributed by atoms with van der Waals surface area (Å²) in [5, 5.41) is 12.0. The van der Waals surface area contributed by atoms with Crippen molar-refractivity contribution in [3.63, 3.8) is 0 Å². The molecule has 0 aromatic carbocycles. The van der Waals surface area contributed by atoms with E-state index in [1.165, 1.54) is 23.8 Å². The van der Waals surface area contributed by atoms with Gasteiger partial charge in [-0.1, -0.05) is 19.8 Å². The molecule has 5 heteroatoms. The van der Waals surface area contributed by atoms with E-state index in [1.54, 1.807) is 6.20 Å². The van der Waals surface area contributed by atoms with Crippen LogP contribution in [0, 0.1) is 0 Å². The molecule has 0 amide bonds. The van der Waals surface area contributed by atoms with E-state index >= 15 is 0 Å². The highest BCUT2D eigenvalue weighted by molar-refractivity contribution is 5.46. The van der Waals surface area contributed by atoms with Gasteiger partial charge in [0.2, 0.25) is 0 Å². The molecule has 0 unspecified atom stereocenters. The molecule has 2 aromatic rings. The number of aryl methyl sites for hydroxylation is 1. The van der Waals surface area contributed by atoms with Crippen molar-refractivity contribution < 1.29 is 0 Å². The maximum atomic E-state index is 4.08. The second-order valence-electron chi connectivity index (χ2n) is 3.28. The van der Waals surface area contributed by atoms with Crippen LogP contribution >= 0.6 is 0 Å². The topological polar surface area (TPSA) is 56.0 Å². The molecule has 74 valence electrons. The summed E-state index contributed by atoms with van der Waals surface area (Å²) in [5.74, 6) is 0. The molecule has 0 fully saturated rings. The van der Waals surface area contributed by atoms with E-state index in [4.69, 9.17) is 0 Å². The number of nitrogens with zero attached hydrogens (tertiary/aromatic N) is 5. The number of fused-ring (bicyclic) bond motifs is 1. The lowest BCUT2D eigenvalue weighted by Gasteiger charge is -1.94. The molecule has 5 nitrogen and oxygen atoms in total. The Morgan fingerprint density at radius 2 is 2.29 bits per heavy atom. The first-order chi connectivity index (χ1) is 6.92. The van der Waals surface area contributed by atoms with Crippen molar-refractivity contribution in [2.45, 2.75) is 32.6 Å². The van der Waals surface area contributed by atoms with Crippen molar-refractivity contribution in [1.29, 1.82) is 0 Å². The van der Waals surface area contributed by atoms with Crippen LogP contribution in [0.1, 0.15) is 31.9 Å². The molecule has 0 aliphatic carbocycles. The van der Waals surface area contributed by atoms with E-state index in [9.17, 15) is 0 Å². The van der Waals surface area contributed by atoms with Gasteiger partial charge in [-0.25, -0.2) is 4.98 Å². The summed E-state index contributed by atoms with van der Waals surface area (Å²) in [4.78, 5) is 3.96. The first-order valence-corrected chi connectivity index (χ1v) is 4.92. The maximum absolute atomic E-state index is 4.08. The van der Waals surface area contributed by atoms with Crippen molar-refractivity contribution in [3.05, 3.63) is 18.2 Å². The van der Waals surface area contributed by atoms with Gasteiger partial charge in [0.25, 0.3) is 0 Å². The van der Waals surface area contributed by atoms with Crippen LogP contribution in [0.15, 0.2) is 12.5 Å². The molecular weight excluding hydrogens is 178 g/mol. The SMILES string of the molecule is CCCCCc1nnn2ncncc12. The van der Waals surface area contributed by atoms with E-state index in [1.807, 2.05) is 0 Å². The third kappa shape index (κ3) is 1.71. The minimum Gasteiger partial charge on any atom is -0.241 e. The first kappa shape index (κ1) is 9.05. The van der Waals surface area contributed by atoms with E-state index in [-0.39, 0.29) is 0 Å². The van der Waals surface area contributed by atoms with E-state index in [0.717, 1.165) is 24.1 Å². The Morgan fingerprint density at radius 3 is 3.14 bits per heavy atom. The molecular formula is C9H13N5. The second-order valence-corrected chi connectivity index (χ2v) is 3.28. The molecule has 0 bridgehead atoms. The molecule has 0 N–H and O–H groups in total. The molecule has 0 spiro atoms. The van der Waals surface area contributed by atoms with Gasteiger partial charge in [0.15, 0.2) is 0 Å². The van der Waals surface area contributed by atoms with Crippen LogP contribution in [0.3, 0.4) is 0 Å². The molecule has 0 radical (unpaired) electrons. The highest BCUT2D eigenvalue weighted by Gasteiger charge is 2.05. The Labute approximate surface area is 82.2 Å². The van der Waals surface area contributed by atoms with Gasteiger partial charge in [-0.15, -0.1) is 14.8 Å². The highest BCUT2D eigenvalue weighted by atomic mass is 15.5. The average Bonchev–Trinajstić information content (AvgIpc) is 2.63. The molecule has 0 saturated carbocycles. The summed E-state index contributed by atoms with van der Waals surface area (Å²) in [7, 11) is 0. The van der Waals surface area contributed by atoms with E-state index in [2.05, 4.69) is 27.3 Å². The fourth-order valence-corrected chi connectivity index (χ4v) is 1.43. The Hall–Kier alpha value is -1.52. The third-order valence-electron chi connectivity index (χ3n) is 2.20. The predicted octanol–water partition coefficient (Wildman–Crippen LogP) is 1.25. The van der Waals surface area contributed by atoms with Gasteiger partial charge in [-0.3, -0.25) is 0 Å². The van der Waals surface area contributed by atoms with Crippen LogP contribution in [0.2, 0.25) is 0 Å². The molecule has 14 heavy (non-hydrogen) atoms. The standard InChI is InChI=1S/C9H13N5/c1-2-3-4-5-8-9-6-10-7-11-14(9)13-12-8/h6-7H,2-5H2,1H3. The molecule has 0 saturated heterocycles. The largest absolute Gasteiger partial charge is 0.241 e. The van der Waals surface area contributed by atoms with Gasteiger partial charge in [0, 0.05) is 0 Å². The second kappa shape index (κ2) is 4.13. The summed E-state index contributed by atoms with van der Waals surface area (Å²) in [6, 6.07) is 0. The maximum Gasteiger partial charge on any atom is 0.138 e. The molecule has 2 aromatic heterocycles. The molecule has 0 aliphatic heterocycles. The zero-order chi connectivity index (χ0) is 9.80. The smallest absolute Gasteiger partial charge is 0.138 e. The van der Waals surface area contributed by atoms with E-state index < -0.39 is 0 Å². The van der Waals surface area contributed by atoms with Crippen LogP contribution in [-0.4, -0.2) is 25.0 Å². The molecule has 2 heterocycles. The highest BCUT2D eigenvalue weighted by Crippen LogP contribution is 2.08. The third-order valence-corrected chi connectivity index (χ3v) is 2.20. The fourth-order valence-electron chi connectivity index (χ4n) is 1.43. The summed E-state index contributed by atoms with van der Waals surface area (Å²) in [5.41, 5.74) is 1.92. The van der Waals surface area contributed by atoms with Crippen LogP contribution in [0.4, 0.5) is 0 Å². The average molecular weight is 191 g/mol. The van der Waals surface area contributed by atoms with Crippen molar-refractivity contribution >= 4 is 5.52 Å². The Kier molecular flexibility index (Phi) is 2.67. The molecule has 0 atom stereocenters. The van der Waals surface area contributed by atoms with Gasteiger partial charge in [0.05, 0.1) is 11.9 Å². The molecule has 2 rings (SSSR count). The van der Waals surface area contributed by atoms with Gasteiger partial charge in [-0.2, -0.15) is 0 Å². The predicted molar refractivity (Wildman–Crippen MR) is 51.8 cm³/mol. The van der Waals surface area contributed by atoms with Crippen molar-refractivity contribution in [2.75, 3.05) is 0 Å². The lowest BCUT2D eigenvalue weighted by atomic mass is 10.1. The van der Waals surface area contributed by atoms with Gasteiger partial charge >= 0.3 is 0 Å². The van der Waals surface area contributed by atoms with Crippen LogP contribution < -0.4 is 0 Å². The van der Waals surface area contributed by atoms with Crippen LogP contribution in [0.5, 0.6) is 0 Å². The monoisotopic (exact) mass is 191 g/mol. The zero-order valence-electron chi connectivity index (χ0n) is 8.22. The number of unbranched alkanes of at least 4 members (excludes halogenated alkanes) is 2. The number of hydrogen-bond acceptors (Lipinski definition) is 4. The lowest BCUT2D eigenvalue weighted by Crippen LogP contribution is -1.93. The normalized spacial score (nSPS) is 10.9. The minimum absolute atomic E-state index is 0.920. The van der Waals surface area contributed by atoms with Crippen molar-refractivity contribution in [1.82, 2.24) is 25.0 Å². The summed E-state index contributed by atoms with van der Waals surface area (Å²) in [6.07, 6.45) is 7.79. The summed E-state index contributed by atoms with van der Waals surface area (Å²) >= 11 is 0. The van der Waals surface area contributed by atoms with Gasteiger partial charge in [0.1, 0.15) is 11.8 Å². The Balaban J connectivity index is 2.17. The first-order valence-electron chi connectivity index (χ1n) is 4.92. The molecule has 0 aliphatic rings. The van der Waals surface area contributed by atoms with Gasteiger partial charge < -0.3 is 0 Å². The fraction of sp³-hybridized carbons (Fsp3) is 0.556. The Morgan fingerprint density at radius 1 is 1.36 bits per heavy atom. The quantitative estimate of drug-likeness (QED) is 0.682. The lowest BCUT2D eigenvalue weighted by molar-refractivity contribution is 0.699. The zero-order valence-corrected chi connectivity index (χ0v) is 8.22.